The van der Waals surface area contributed by atoms with Gasteiger partial charge in [-0.1, -0.05) is 0 Å². The molecule has 0 aromatic heterocycles. The lowest BCUT2D eigenvalue weighted by molar-refractivity contribution is -0.320. The Hall–Kier alpha value is -3.26. The number of carbonyl (C=O) groups excluding carboxylic acids is 6. The van der Waals surface area contributed by atoms with Crippen LogP contribution in [0, 0.1) is 0 Å². The molecular weight excluding hydrogens is 476 g/mol. The highest BCUT2D eigenvalue weighted by Crippen LogP contribution is 2.30. The average Bonchev–Trinajstić information content (AvgIpc) is 2.71. The van der Waals surface area contributed by atoms with Crippen molar-refractivity contribution in [2.75, 3.05) is 19.8 Å². The van der Waals surface area contributed by atoms with Gasteiger partial charge in [0.25, 0.3) is 0 Å². The van der Waals surface area contributed by atoms with Crippen molar-refractivity contribution < 1.29 is 66.7 Å². The normalized spacial score (nSPS) is 23.6. The lowest BCUT2D eigenvalue weighted by atomic mass is 9.98. The van der Waals surface area contributed by atoms with E-state index in [-0.39, 0.29) is 13.2 Å². The van der Waals surface area contributed by atoms with E-state index >= 15 is 0 Å². The Balaban J connectivity index is 3.37. The monoisotopic (exact) mass is 506 g/mol. The summed E-state index contributed by atoms with van der Waals surface area (Å²) in [4.78, 5) is 69.3. The summed E-state index contributed by atoms with van der Waals surface area (Å²) in [6, 6.07) is 0. The molecule has 1 fully saturated rings. The van der Waals surface area contributed by atoms with Crippen molar-refractivity contribution in [1.29, 1.82) is 0 Å². The second kappa shape index (κ2) is 14.2. The van der Waals surface area contributed by atoms with E-state index in [0.717, 1.165) is 41.5 Å². The number of hydrogen-bond acceptors (Lipinski definition) is 14. The van der Waals surface area contributed by atoms with Crippen LogP contribution in [0.5, 0.6) is 0 Å². The molecule has 0 unspecified atom stereocenters. The Kier molecular flexibility index (Phi) is 12.1. The van der Waals surface area contributed by atoms with Gasteiger partial charge in [-0.25, -0.2) is 0 Å². The van der Waals surface area contributed by atoms with Crippen molar-refractivity contribution in [3.8, 4) is 0 Å². The molecule has 0 aliphatic carbocycles. The SMILES string of the molecule is CC(=O)OCC(COC(C)=O)O[C@H]1O[C@H](COC(C)=O)[C@@H](OC(C)=O)[C@H](OC(C)=O)[C@H]1OC(C)=O. The predicted molar refractivity (Wildman–Crippen MR) is 110 cm³/mol. The average molecular weight is 506 g/mol. The lowest BCUT2D eigenvalue weighted by Gasteiger charge is -2.44. The summed E-state index contributed by atoms with van der Waals surface area (Å²) in [5.41, 5.74) is 0. The maximum atomic E-state index is 11.8. The number of hydrogen-bond donors (Lipinski definition) is 0. The van der Waals surface area contributed by atoms with E-state index in [1.54, 1.807) is 0 Å². The van der Waals surface area contributed by atoms with Gasteiger partial charge >= 0.3 is 35.8 Å². The molecule has 14 heteroatoms. The highest BCUT2D eigenvalue weighted by molar-refractivity contribution is 5.69. The Morgan fingerprint density at radius 3 is 1.46 bits per heavy atom. The molecule has 1 rings (SSSR count). The summed E-state index contributed by atoms with van der Waals surface area (Å²) in [5, 5.41) is 0. The first-order chi connectivity index (χ1) is 16.3. The van der Waals surface area contributed by atoms with Crippen LogP contribution < -0.4 is 0 Å². The summed E-state index contributed by atoms with van der Waals surface area (Å²) < 4.78 is 42.2. The maximum Gasteiger partial charge on any atom is 0.303 e. The summed E-state index contributed by atoms with van der Waals surface area (Å²) in [7, 11) is 0. The van der Waals surface area contributed by atoms with Gasteiger partial charge in [-0.05, 0) is 0 Å². The number of rotatable bonds is 11. The van der Waals surface area contributed by atoms with Gasteiger partial charge in [-0.15, -0.1) is 0 Å². The first-order valence-electron chi connectivity index (χ1n) is 10.5. The zero-order chi connectivity index (χ0) is 26.7. The third kappa shape index (κ3) is 11.1. The Morgan fingerprint density at radius 2 is 1.03 bits per heavy atom. The van der Waals surface area contributed by atoms with Crippen molar-refractivity contribution in [3.05, 3.63) is 0 Å². The molecule has 0 spiro atoms. The fourth-order valence-corrected chi connectivity index (χ4v) is 3.04. The largest absolute Gasteiger partial charge is 0.463 e. The minimum atomic E-state index is -1.52. The van der Waals surface area contributed by atoms with Gasteiger partial charge in [0.15, 0.2) is 24.6 Å². The van der Waals surface area contributed by atoms with Gasteiger partial charge in [0.1, 0.15) is 32.0 Å². The van der Waals surface area contributed by atoms with E-state index in [0.29, 0.717) is 0 Å². The van der Waals surface area contributed by atoms with Gasteiger partial charge in [0, 0.05) is 41.5 Å². The molecule has 14 nitrogen and oxygen atoms in total. The standard InChI is InChI=1S/C21H30O14/c1-10(22)28-7-16(8-29-11(2)23)34-21-20(33-15(6)27)19(32-14(5)26)18(31-13(4)25)17(35-21)9-30-12(3)24/h16-21H,7-9H2,1-6H3/t17-,18-,19+,20-,21+/m1/s1. The topological polar surface area (TPSA) is 176 Å². The smallest absolute Gasteiger partial charge is 0.303 e. The zero-order valence-electron chi connectivity index (χ0n) is 20.3. The van der Waals surface area contributed by atoms with Crippen LogP contribution in [0.3, 0.4) is 0 Å². The molecule has 35 heavy (non-hydrogen) atoms. The van der Waals surface area contributed by atoms with Crippen LogP contribution >= 0.6 is 0 Å². The van der Waals surface area contributed by atoms with E-state index in [2.05, 4.69) is 0 Å². The first kappa shape index (κ1) is 29.8. The van der Waals surface area contributed by atoms with Gasteiger partial charge in [-0.3, -0.25) is 28.8 Å². The first-order valence-corrected chi connectivity index (χ1v) is 10.5. The third-order valence-electron chi connectivity index (χ3n) is 4.22. The van der Waals surface area contributed by atoms with E-state index in [9.17, 15) is 28.8 Å². The van der Waals surface area contributed by atoms with Gasteiger partial charge in [0.2, 0.25) is 0 Å². The molecule has 0 saturated carbocycles. The van der Waals surface area contributed by atoms with E-state index < -0.39 is 79.2 Å². The molecule has 0 amide bonds. The minimum absolute atomic E-state index is 0.379. The molecule has 1 aliphatic heterocycles. The van der Waals surface area contributed by atoms with E-state index in [1.807, 2.05) is 0 Å². The molecular formula is C21H30O14. The number of esters is 6. The highest BCUT2D eigenvalue weighted by Gasteiger charge is 2.53. The molecule has 0 radical (unpaired) electrons. The van der Waals surface area contributed by atoms with E-state index in [4.69, 9.17) is 37.9 Å². The number of ether oxygens (including phenoxy) is 8. The van der Waals surface area contributed by atoms with Gasteiger partial charge in [0.05, 0.1) is 0 Å². The van der Waals surface area contributed by atoms with Crippen LogP contribution in [0.25, 0.3) is 0 Å². The fourth-order valence-electron chi connectivity index (χ4n) is 3.04. The molecule has 198 valence electrons. The summed E-state index contributed by atoms with van der Waals surface area (Å²) in [5.74, 6) is -4.40. The third-order valence-corrected chi connectivity index (χ3v) is 4.22. The molecule has 1 saturated heterocycles. The molecule has 1 aliphatic rings. The molecule has 0 N–H and O–H groups in total. The van der Waals surface area contributed by atoms with Crippen LogP contribution in [0.4, 0.5) is 0 Å². The van der Waals surface area contributed by atoms with Crippen LogP contribution in [-0.4, -0.2) is 92.4 Å². The second-order valence-corrected chi connectivity index (χ2v) is 7.43. The fraction of sp³-hybridized carbons (Fsp3) is 0.714. The molecule has 5 atom stereocenters. The van der Waals surface area contributed by atoms with Crippen molar-refractivity contribution >= 4 is 35.8 Å². The van der Waals surface area contributed by atoms with Gasteiger partial charge in [-0.2, -0.15) is 0 Å². The van der Waals surface area contributed by atoms with Crippen molar-refractivity contribution in [1.82, 2.24) is 0 Å². The molecule has 1 heterocycles. The summed E-state index contributed by atoms with van der Waals surface area (Å²) in [6.45, 7) is 5.47. The predicted octanol–water partition coefficient (Wildman–Crippen LogP) is -0.419. The summed E-state index contributed by atoms with van der Waals surface area (Å²) in [6.07, 6.45) is -8.14. The van der Waals surface area contributed by atoms with Crippen molar-refractivity contribution in [2.45, 2.75) is 78.4 Å². The van der Waals surface area contributed by atoms with Crippen molar-refractivity contribution in [2.24, 2.45) is 0 Å². The summed E-state index contributed by atoms with van der Waals surface area (Å²) >= 11 is 0. The molecule has 0 aromatic carbocycles. The zero-order valence-corrected chi connectivity index (χ0v) is 20.3. The van der Waals surface area contributed by atoms with Gasteiger partial charge < -0.3 is 37.9 Å². The Bertz CT molecular complexity index is 773. The van der Waals surface area contributed by atoms with Crippen molar-refractivity contribution in [3.63, 3.8) is 0 Å². The molecule has 0 bridgehead atoms. The van der Waals surface area contributed by atoms with Crippen LogP contribution in [0.1, 0.15) is 41.5 Å². The van der Waals surface area contributed by atoms with Crippen LogP contribution in [0.15, 0.2) is 0 Å². The second-order valence-electron chi connectivity index (χ2n) is 7.43. The number of carbonyl (C=O) groups is 6. The highest BCUT2D eigenvalue weighted by atomic mass is 16.7. The van der Waals surface area contributed by atoms with Crippen LogP contribution in [-0.2, 0) is 66.7 Å². The Labute approximate surface area is 201 Å². The van der Waals surface area contributed by atoms with Crippen LogP contribution in [0.2, 0.25) is 0 Å². The Morgan fingerprint density at radius 1 is 0.600 bits per heavy atom. The quantitative estimate of drug-likeness (QED) is 0.261. The maximum absolute atomic E-state index is 11.8. The van der Waals surface area contributed by atoms with E-state index in [1.165, 1.54) is 0 Å². The molecule has 0 aromatic rings. The lowest BCUT2D eigenvalue weighted by Crippen LogP contribution is -2.63. The minimum Gasteiger partial charge on any atom is -0.463 e.